The van der Waals surface area contributed by atoms with E-state index in [1.165, 1.54) is 12.1 Å². The first-order valence-electron chi connectivity index (χ1n) is 6.95. The Bertz CT molecular complexity index is 624. The molecule has 0 heterocycles. The van der Waals surface area contributed by atoms with Crippen LogP contribution >= 0.6 is 0 Å². The lowest BCUT2D eigenvalue weighted by Gasteiger charge is -2.13. The molecule has 0 fully saturated rings. The van der Waals surface area contributed by atoms with E-state index < -0.39 is 5.97 Å². The van der Waals surface area contributed by atoms with Crippen molar-refractivity contribution in [3.05, 3.63) is 59.7 Å². The summed E-state index contributed by atoms with van der Waals surface area (Å²) in [7, 11) is 0. The summed E-state index contributed by atoms with van der Waals surface area (Å²) in [5, 5.41) is 16.4. The van der Waals surface area contributed by atoms with Crippen molar-refractivity contribution in [2.24, 2.45) is 0 Å². The molecule has 0 spiro atoms. The molecule has 0 aliphatic rings. The van der Waals surface area contributed by atoms with Gasteiger partial charge in [0.2, 0.25) is 0 Å². The molecule has 0 amide bonds. The third kappa shape index (κ3) is 4.49. The number of carbonyl (C=O) groups is 1. The Morgan fingerprint density at radius 1 is 1.18 bits per heavy atom. The number of rotatable bonds is 7. The fourth-order valence-corrected chi connectivity index (χ4v) is 1.86. The molecule has 0 aliphatic heterocycles. The van der Waals surface area contributed by atoms with Gasteiger partial charge < -0.3 is 19.7 Å². The molecule has 0 aromatic heterocycles. The SMILES string of the molecule is C[C@@H](C[OH2+])Oc1cc(OCc2ccccc2)cc(C(=O)O)c1. The maximum Gasteiger partial charge on any atom is 0.335 e. The molecule has 0 saturated heterocycles. The van der Waals surface area contributed by atoms with E-state index in [1.807, 2.05) is 30.3 Å². The van der Waals surface area contributed by atoms with Gasteiger partial charge in [-0.25, -0.2) is 4.79 Å². The van der Waals surface area contributed by atoms with Gasteiger partial charge in [0.05, 0.1) is 5.56 Å². The molecular formula is C17H19O5+. The van der Waals surface area contributed by atoms with E-state index in [9.17, 15) is 4.79 Å². The second-order valence-electron chi connectivity index (χ2n) is 4.91. The first kappa shape index (κ1) is 15.9. The predicted molar refractivity (Wildman–Crippen MR) is 82.7 cm³/mol. The Balaban J connectivity index is 2.16. The molecule has 2 aromatic carbocycles. The minimum atomic E-state index is -1.05. The molecule has 22 heavy (non-hydrogen) atoms. The van der Waals surface area contributed by atoms with Crippen molar-refractivity contribution in [3.63, 3.8) is 0 Å². The Morgan fingerprint density at radius 3 is 2.50 bits per heavy atom. The number of benzene rings is 2. The summed E-state index contributed by atoms with van der Waals surface area (Å²) in [5.41, 5.74) is 1.09. The van der Waals surface area contributed by atoms with Crippen molar-refractivity contribution in [2.45, 2.75) is 19.6 Å². The minimum absolute atomic E-state index is 0.0947. The van der Waals surface area contributed by atoms with Gasteiger partial charge in [0.25, 0.3) is 0 Å². The summed E-state index contributed by atoms with van der Waals surface area (Å²) in [6.45, 7) is 2.19. The van der Waals surface area contributed by atoms with Crippen LogP contribution in [0.3, 0.4) is 0 Å². The zero-order chi connectivity index (χ0) is 15.9. The molecule has 1 atom stereocenters. The van der Waals surface area contributed by atoms with Gasteiger partial charge in [-0.3, -0.25) is 0 Å². The molecule has 5 heteroatoms. The van der Waals surface area contributed by atoms with Gasteiger partial charge in [-0.05, 0) is 24.6 Å². The van der Waals surface area contributed by atoms with Crippen LogP contribution < -0.4 is 9.47 Å². The Morgan fingerprint density at radius 2 is 1.86 bits per heavy atom. The number of aromatic carboxylic acids is 1. The first-order chi connectivity index (χ1) is 10.6. The van der Waals surface area contributed by atoms with Crippen LogP contribution in [0.15, 0.2) is 48.5 Å². The highest BCUT2D eigenvalue weighted by atomic mass is 16.5. The molecule has 2 rings (SSSR count). The summed E-state index contributed by atoms with van der Waals surface area (Å²) in [4.78, 5) is 11.2. The van der Waals surface area contributed by atoms with Crippen LogP contribution in [0.2, 0.25) is 0 Å². The summed E-state index contributed by atoms with van der Waals surface area (Å²) in [6, 6.07) is 14.1. The average Bonchev–Trinajstić information content (AvgIpc) is 2.53. The fraction of sp³-hybridized carbons (Fsp3) is 0.235. The van der Waals surface area contributed by atoms with Crippen LogP contribution in [0, 0.1) is 0 Å². The van der Waals surface area contributed by atoms with Gasteiger partial charge in [0.15, 0.2) is 12.7 Å². The normalized spacial score (nSPS) is 11.7. The number of ether oxygens (including phenoxy) is 2. The highest BCUT2D eigenvalue weighted by molar-refractivity contribution is 5.88. The Kier molecular flexibility index (Phi) is 5.38. The van der Waals surface area contributed by atoms with Gasteiger partial charge >= 0.3 is 5.97 Å². The number of hydrogen-bond donors (Lipinski definition) is 1. The van der Waals surface area contributed by atoms with Crippen molar-refractivity contribution < 1.29 is 24.5 Å². The van der Waals surface area contributed by atoms with E-state index in [4.69, 9.17) is 19.7 Å². The highest BCUT2D eigenvalue weighted by Gasteiger charge is 2.12. The van der Waals surface area contributed by atoms with Crippen LogP contribution in [-0.2, 0) is 6.61 Å². The summed E-state index contributed by atoms with van der Waals surface area (Å²) in [6.07, 6.45) is -0.314. The van der Waals surface area contributed by atoms with Crippen molar-refractivity contribution in [1.29, 1.82) is 0 Å². The van der Waals surface area contributed by atoms with Gasteiger partial charge in [0.1, 0.15) is 18.1 Å². The molecular weight excluding hydrogens is 284 g/mol. The molecule has 2 aromatic rings. The van der Waals surface area contributed by atoms with Crippen molar-refractivity contribution >= 4 is 5.97 Å². The number of carboxylic acid groups (broad SMARTS) is 1. The monoisotopic (exact) mass is 303 g/mol. The summed E-state index contributed by atoms with van der Waals surface area (Å²) < 4.78 is 11.2. The summed E-state index contributed by atoms with van der Waals surface area (Å²) >= 11 is 0. The molecule has 116 valence electrons. The standard InChI is InChI=1S/C17H18O5/c1-12(10-18)22-16-8-14(17(19)20)7-15(9-16)21-11-13-5-3-2-4-6-13/h2-9,12,18H,10-11H2,1H3,(H,19,20)/p+1/t12-/m0/s1. The smallest absolute Gasteiger partial charge is 0.335 e. The van der Waals surface area contributed by atoms with Gasteiger partial charge in [-0.15, -0.1) is 0 Å². The third-order valence-electron chi connectivity index (χ3n) is 3.00. The van der Waals surface area contributed by atoms with E-state index in [1.54, 1.807) is 13.0 Å². The maximum absolute atomic E-state index is 11.2. The molecule has 0 bridgehead atoms. The van der Waals surface area contributed by atoms with Gasteiger partial charge in [-0.1, -0.05) is 30.3 Å². The first-order valence-corrected chi connectivity index (χ1v) is 6.95. The summed E-state index contributed by atoms with van der Waals surface area (Å²) in [5.74, 6) is -0.229. The van der Waals surface area contributed by atoms with E-state index in [2.05, 4.69) is 0 Å². The zero-order valence-corrected chi connectivity index (χ0v) is 12.3. The van der Waals surface area contributed by atoms with E-state index in [0.717, 1.165) is 5.56 Å². The van der Waals surface area contributed by atoms with Crippen LogP contribution in [0.1, 0.15) is 22.8 Å². The molecule has 0 saturated carbocycles. The van der Waals surface area contributed by atoms with E-state index in [0.29, 0.717) is 18.1 Å². The molecule has 3 N–H and O–H groups in total. The zero-order valence-electron chi connectivity index (χ0n) is 12.3. The lowest BCUT2D eigenvalue weighted by molar-refractivity contribution is 0.0695. The van der Waals surface area contributed by atoms with Crippen LogP contribution in [0.5, 0.6) is 11.5 Å². The lowest BCUT2D eigenvalue weighted by atomic mass is 10.2. The fourth-order valence-electron chi connectivity index (χ4n) is 1.86. The second kappa shape index (κ2) is 7.47. The van der Waals surface area contributed by atoms with Crippen molar-refractivity contribution in [3.8, 4) is 11.5 Å². The number of carboxylic acids is 1. The lowest BCUT2D eigenvalue weighted by Crippen LogP contribution is -2.16. The topological polar surface area (TPSA) is 78.7 Å². The van der Waals surface area contributed by atoms with Crippen molar-refractivity contribution in [1.82, 2.24) is 0 Å². The highest BCUT2D eigenvalue weighted by Crippen LogP contribution is 2.25. The average molecular weight is 303 g/mol. The van der Waals surface area contributed by atoms with Gasteiger partial charge in [0, 0.05) is 6.07 Å². The minimum Gasteiger partial charge on any atom is -0.489 e. The molecule has 5 nitrogen and oxygen atoms in total. The Labute approximate surface area is 128 Å². The maximum atomic E-state index is 11.2. The van der Waals surface area contributed by atoms with Crippen molar-refractivity contribution in [2.75, 3.05) is 6.61 Å². The second-order valence-corrected chi connectivity index (χ2v) is 4.91. The van der Waals surface area contributed by atoms with E-state index >= 15 is 0 Å². The molecule has 0 unspecified atom stereocenters. The van der Waals surface area contributed by atoms with E-state index in [-0.39, 0.29) is 18.3 Å². The predicted octanol–water partition coefficient (Wildman–Crippen LogP) is 2.46. The van der Waals surface area contributed by atoms with Crippen LogP contribution in [0.4, 0.5) is 0 Å². The van der Waals surface area contributed by atoms with Crippen LogP contribution in [0.25, 0.3) is 0 Å². The van der Waals surface area contributed by atoms with Gasteiger partial charge in [-0.2, -0.15) is 0 Å². The quantitative estimate of drug-likeness (QED) is 0.797. The largest absolute Gasteiger partial charge is 0.489 e. The van der Waals surface area contributed by atoms with Crippen LogP contribution in [-0.4, -0.2) is 28.9 Å². The molecule has 0 radical (unpaired) electrons. The third-order valence-corrected chi connectivity index (χ3v) is 3.00. The number of hydrogen-bond acceptors (Lipinski definition) is 3. The molecule has 0 aliphatic carbocycles. The Hall–Kier alpha value is -2.53.